The van der Waals surface area contributed by atoms with Crippen LogP contribution in [-0.2, 0) is 11.3 Å². The third kappa shape index (κ3) is 3.07. The molecule has 0 fully saturated rings. The summed E-state index contributed by atoms with van der Waals surface area (Å²) in [6.07, 6.45) is 0. The lowest BCUT2D eigenvalue weighted by atomic mass is 10.1. The summed E-state index contributed by atoms with van der Waals surface area (Å²) < 4.78 is 0.994. The van der Waals surface area contributed by atoms with Crippen molar-refractivity contribution in [3.63, 3.8) is 0 Å². The molecule has 0 N–H and O–H groups in total. The SMILES string of the molecule is CN(Cc1ccc(Br)s1)C(=O)CN1C(=O)c2ccccc2C1=O. The van der Waals surface area contributed by atoms with Crippen LogP contribution in [0.3, 0.4) is 0 Å². The second-order valence-electron chi connectivity index (χ2n) is 5.20. The van der Waals surface area contributed by atoms with E-state index in [1.807, 2.05) is 12.1 Å². The van der Waals surface area contributed by atoms with Gasteiger partial charge in [-0.25, -0.2) is 0 Å². The number of likely N-dealkylation sites (N-methyl/N-ethyl adjacent to an activating group) is 1. The number of thiophene rings is 1. The quantitative estimate of drug-likeness (QED) is 0.751. The monoisotopic (exact) mass is 392 g/mol. The number of rotatable bonds is 4. The zero-order valence-corrected chi connectivity index (χ0v) is 14.7. The maximum atomic E-state index is 12.3. The third-order valence-corrected chi connectivity index (χ3v) is 5.23. The summed E-state index contributed by atoms with van der Waals surface area (Å²) in [7, 11) is 1.66. The van der Waals surface area contributed by atoms with Crippen molar-refractivity contribution in [3.05, 3.63) is 56.2 Å². The minimum absolute atomic E-state index is 0.241. The average molecular weight is 393 g/mol. The largest absolute Gasteiger partial charge is 0.339 e. The van der Waals surface area contributed by atoms with E-state index in [-0.39, 0.29) is 12.5 Å². The summed E-state index contributed by atoms with van der Waals surface area (Å²) in [6, 6.07) is 10.5. The molecule has 1 aromatic carbocycles. The van der Waals surface area contributed by atoms with Crippen LogP contribution in [0.2, 0.25) is 0 Å². The summed E-state index contributed by atoms with van der Waals surface area (Å²) >= 11 is 4.92. The van der Waals surface area contributed by atoms with Crippen LogP contribution in [0.15, 0.2) is 40.2 Å². The van der Waals surface area contributed by atoms with Crippen molar-refractivity contribution in [1.29, 1.82) is 0 Å². The van der Waals surface area contributed by atoms with Gasteiger partial charge in [-0.2, -0.15) is 0 Å². The Hall–Kier alpha value is -1.99. The number of fused-ring (bicyclic) bond motifs is 1. The lowest BCUT2D eigenvalue weighted by molar-refractivity contribution is -0.130. The molecular formula is C16H13BrN2O3S. The molecule has 5 nitrogen and oxygen atoms in total. The predicted octanol–water partition coefficient (Wildman–Crippen LogP) is 2.77. The van der Waals surface area contributed by atoms with E-state index >= 15 is 0 Å². The van der Waals surface area contributed by atoms with Crippen LogP contribution in [0, 0.1) is 0 Å². The van der Waals surface area contributed by atoms with Crippen LogP contribution in [0.1, 0.15) is 25.6 Å². The molecule has 2 heterocycles. The van der Waals surface area contributed by atoms with E-state index in [2.05, 4.69) is 15.9 Å². The zero-order valence-electron chi connectivity index (χ0n) is 12.3. The van der Waals surface area contributed by atoms with E-state index in [0.29, 0.717) is 17.7 Å². The van der Waals surface area contributed by atoms with Crippen molar-refractivity contribution >= 4 is 45.0 Å². The summed E-state index contributed by atoms with van der Waals surface area (Å²) in [5, 5.41) is 0. The highest BCUT2D eigenvalue weighted by molar-refractivity contribution is 9.11. The Morgan fingerprint density at radius 3 is 2.26 bits per heavy atom. The Balaban J connectivity index is 1.69. The fourth-order valence-corrected chi connectivity index (χ4v) is 3.93. The summed E-state index contributed by atoms with van der Waals surface area (Å²) in [4.78, 5) is 40.4. The van der Waals surface area contributed by atoms with Crippen LogP contribution in [0.5, 0.6) is 0 Å². The van der Waals surface area contributed by atoms with Crippen LogP contribution >= 0.6 is 27.3 Å². The normalized spacial score (nSPS) is 13.4. The highest BCUT2D eigenvalue weighted by Crippen LogP contribution is 2.24. The molecule has 1 aliphatic heterocycles. The molecular weight excluding hydrogens is 380 g/mol. The number of halogens is 1. The Bertz CT molecular complexity index is 767. The molecule has 0 saturated heterocycles. The number of benzene rings is 1. The van der Waals surface area contributed by atoms with Gasteiger partial charge < -0.3 is 4.90 Å². The second kappa shape index (κ2) is 6.25. The highest BCUT2D eigenvalue weighted by atomic mass is 79.9. The van der Waals surface area contributed by atoms with E-state index < -0.39 is 11.8 Å². The van der Waals surface area contributed by atoms with E-state index in [1.165, 1.54) is 4.90 Å². The topological polar surface area (TPSA) is 57.7 Å². The molecule has 3 amide bonds. The Kier molecular flexibility index (Phi) is 4.32. The zero-order chi connectivity index (χ0) is 16.6. The molecule has 0 spiro atoms. The molecule has 118 valence electrons. The smallest absolute Gasteiger partial charge is 0.262 e. The molecule has 0 aliphatic carbocycles. The highest BCUT2D eigenvalue weighted by Gasteiger charge is 2.36. The minimum Gasteiger partial charge on any atom is -0.339 e. The van der Waals surface area contributed by atoms with Gasteiger partial charge in [0.05, 0.1) is 21.5 Å². The number of amides is 3. The molecule has 0 radical (unpaired) electrons. The van der Waals surface area contributed by atoms with Crippen LogP contribution in [0.4, 0.5) is 0 Å². The lowest BCUT2D eigenvalue weighted by Crippen LogP contribution is -2.40. The first-order chi connectivity index (χ1) is 11.0. The van der Waals surface area contributed by atoms with Crippen molar-refractivity contribution in [2.24, 2.45) is 0 Å². The maximum Gasteiger partial charge on any atom is 0.262 e. The molecule has 1 aromatic heterocycles. The lowest BCUT2D eigenvalue weighted by Gasteiger charge is -2.20. The Morgan fingerprint density at radius 2 is 1.74 bits per heavy atom. The number of hydrogen-bond acceptors (Lipinski definition) is 4. The van der Waals surface area contributed by atoms with Gasteiger partial charge in [-0.3, -0.25) is 19.3 Å². The molecule has 1 aliphatic rings. The van der Waals surface area contributed by atoms with E-state index in [1.54, 1.807) is 42.6 Å². The van der Waals surface area contributed by atoms with Gasteiger partial charge in [0, 0.05) is 11.9 Å². The molecule has 0 saturated carbocycles. The van der Waals surface area contributed by atoms with Crippen molar-refractivity contribution in [3.8, 4) is 0 Å². The number of carbonyl (C=O) groups is 3. The van der Waals surface area contributed by atoms with Gasteiger partial charge in [0.25, 0.3) is 11.8 Å². The summed E-state index contributed by atoms with van der Waals surface area (Å²) in [6.45, 7) is 0.202. The van der Waals surface area contributed by atoms with Crippen LogP contribution in [-0.4, -0.2) is 41.1 Å². The van der Waals surface area contributed by atoms with E-state index in [9.17, 15) is 14.4 Å². The summed E-state index contributed by atoms with van der Waals surface area (Å²) in [5.74, 6) is -1.10. The van der Waals surface area contributed by atoms with Crippen molar-refractivity contribution in [2.75, 3.05) is 13.6 Å². The maximum absolute atomic E-state index is 12.3. The fourth-order valence-electron chi connectivity index (χ4n) is 2.40. The average Bonchev–Trinajstić information content (AvgIpc) is 3.04. The fraction of sp³-hybridized carbons (Fsp3) is 0.188. The standard InChI is InChI=1S/C16H13BrN2O3S/c1-18(8-10-6-7-13(17)23-10)14(20)9-19-15(21)11-4-2-3-5-12(11)16(19)22/h2-7H,8-9H2,1H3. The van der Waals surface area contributed by atoms with E-state index in [0.717, 1.165) is 13.6 Å². The first-order valence-electron chi connectivity index (χ1n) is 6.91. The van der Waals surface area contributed by atoms with Gasteiger partial charge in [-0.15, -0.1) is 11.3 Å². The number of carbonyl (C=O) groups excluding carboxylic acids is 3. The van der Waals surface area contributed by atoms with E-state index in [4.69, 9.17) is 0 Å². The predicted molar refractivity (Wildman–Crippen MR) is 90.3 cm³/mol. The van der Waals surface area contributed by atoms with Crippen molar-refractivity contribution in [1.82, 2.24) is 9.80 Å². The molecule has 2 aromatic rings. The van der Waals surface area contributed by atoms with Gasteiger partial charge in [-0.1, -0.05) is 12.1 Å². The minimum atomic E-state index is -0.411. The Morgan fingerprint density at radius 1 is 1.13 bits per heavy atom. The van der Waals surface area contributed by atoms with Crippen molar-refractivity contribution in [2.45, 2.75) is 6.54 Å². The molecule has 23 heavy (non-hydrogen) atoms. The molecule has 0 atom stereocenters. The Labute approximate surface area is 145 Å². The molecule has 0 bridgehead atoms. The van der Waals surface area contributed by atoms with Crippen LogP contribution in [0.25, 0.3) is 0 Å². The van der Waals surface area contributed by atoms with Gasteiger partial charge in [-0.05, 0) is 40.2 Å². The van der Waals surface area contributed by atoms with Crippen LogP contribution < -0.4 is 0 Å². The number of hydrogen-bond donors (Lipinski definition) is 0. The first kappa shape index (κ1) is 15.9. The summed E-state index contributed by atoms with van der Waals surface area (Å²) in [5.41, 5.74) is 0.713. The molecule has 7 heteroatoms. The van der Waals surface area contributed by atoms with Gasteiger partial charge in [0.15, 0.2) is 0 Å². The molecule has 0 unspecified atom stereocenters. The third-order valence-electron chi connectivity index (χ3n) is 3.62. The first-order valence-corrected chi connectivity index (χ1v) is 8.51. The van der Waals surface area contributed by atoms with Gasteiger partial charge in [0.2, 0.25) is 5.91 Å². The van der Waals surface area contributed by atoms with Gasteiger partial charge >= 0.3 is 0 Å². The van der Waals surface area contributed by atoms with Crippen molar-refractivity contribution < 1.29 is 14.4 Å². The molecule has 3 rings (SSSR count). The van der Waals surface area contributed by atoms with Gasteiger partial charge in [0.1, 0.15) is 6.54 Å². The number of nitrogens with zero attached hydrogens (tertiary/aromatic N) is 2. The number of imide groups is 1. The second-order valence-corrected chi connectivity index (χ2v) is 7.75.